The van der Waals surface area contributed by atoms with Gasteiger partial charge in [0.25, 0.3) is 11.8 Å². The maximum Gasteiger partial charge on any atom is 0.274 e. The highest BCUT2D eigenvalue weighted by atomic mass is 35.5. The number of hydrogen-bond acceptors (Lipinski definition) is 6. The van der Waals surface area contributed by atoms with Crippen molar-refractivity contribution in [2.45, 2.75) is 25.4 Å². The Bertz CT molecular complexity index is 1820. The lowest BCUT2D eigenvalue weighted by molar-refractivity contribution is 0.0983. The van der Waals surface area contributed by atoms with Crippen molar-refractivity contribution in [1.29, 1.82) is 0 Å². The van der Waals surface area contributed by atoms with Crippen LogP contribution in [0.3, 0.4) is 0 Å². The quantitative estimate of drug-likeness (QED) is 0.168. The van der Waals surface area contributed by atoms with Crippen molar-refractivity contribution >= 4 is 56.6 Å². The molecule has 5 aromatic rings. The molecule has 3 aromatic carbocycles. The van der Waals surface area contributed by atoms with Crippen molar-refractivity contribution in [2.75, 3.05) is 36.4 Å². The molecular formula is C33H31ClN4O5. The molecule has 0 radical (unpaired) electrons. The Kier molecular flexibility index (Phi) is 7.92. The molecule has 9 nitrogen and oxygen atoms in total. The lowest BCUT2D eigenvalue weighted by Gasteiger charge is -2.17. The molecule has 1 aliphatic rings. The Labute approximate surface area is 253 Å². The van der Waals surface area contributed by atoms with E-state index in [1.807, 2.05) is 31.2 Å². The van der Waals surface area contributed by atoms with E-state index in [4.69, 9.17) is 21.1 Å². The van der Waals surface area contributed by atoms with Crippen molar-refractivity contribution in [1.82, 2.24) is 9.97 Å². The molecule has 10 heteroatoms. The third kappa shape index (κ3) is 5.61. The summed E-state index contributed by atoms with van der Waals surface area (Å²) in [7, 11) is 1.65. The smallest absolute Gasteiger partial charge is 0.274 e. The number of rotatable bonds is 9. The molecule has 0 aliphatic carbocycles. The van der Waals surface area contributed by atoms with Gasteiger partial charge in [-0.2, -0.15) is 0 Å². The maximum absolute atomic E-state index is 13.7. The van der Waals surface area contributed by atoms with Gasteiger partial charge in [0, 0.05) is 60.9 Å². The minimum atomic E-state index is -0.292. The second-order valence-electron chi connectivity index (χ2n) is 10.7. The van der Waals surface area contributed by atoms with Crippen LogP contribution in [0.5, 0.6) is 11.5 Å². The number of carbonyl (C=O) groups excluding carboxylic acids is 2. The zero-order chi connectivity index (χ0) is 30.1. The number of ether oxygens (including phenoxy) is 2. The molecule has 2 atom stereocenters. The van der Waals surface area contributed by atoms with Crippen LogP contribution in [-0.4, -0.2) is 59.1 Å². The summed E-state index contributed by atoms with van der Waals surface area (Å²) in [6, 6.07) is 19.6. The third-order valence-corrected chi connectivity index (χ3v) is 8.09. The number of anilines is 2. The zero-order valence-electron chi connectivity index (χ0n) is 23.8. The highest BCUT2D eigenvalue weighted by Gasteiger charge is 2.35. The summed E-state index contributed by atoms with van der Waals surface area (Å²) in [5, 5.41) is 15.9. The molecule has 0 saturated heterocycles. The van der Waals surface area contributed by atoms with E-state index in [1.54, 1.807) is 60.7 Å². The number of amides is 2. The number of pyridine rings is 1. The number of nitrogens with zero attached hydrogens (tertiary/aromatic N) is 2. The van der Waals surface area contributed by atoms with Gasteiger partial charge >= 0.3 is 0 Å². The van der Waals surface area contributed by atoms with Crippen LogP contribution in [0.25, 0.3) is 21.8 Å². The molecule has 0 saturated carbocycles. The fraction of sp³-hybridized carbons (Fsp3) is 0.242. The van der Waals surface area contributed by atoms with E-state index < -0.39 is 0 Å². The molecule has 3 heterocycles. The van der Waals surface area contributed by atoms with Gasteiger partial charge in [0.15, 0.2) is 0 Å². The molecule has 2 amide bonds. The van der Waals surface area contributed by atoms with Gasteiger partial charge in [-0.3, -0.25) is 9.59 Å². The number of halogens is 1. The van der Waals surface area contributed by atoms with Crippen LogP contribution < -0.4 is 15.0 Å². The summed E-state index contributed by atoms with van der Waals surface area (Å²) in [6.45, 7) is 2.97. The largest absolute Gasteiger partial charge is 0.507 e. The van der Waals surface area contributed by atoms with Crippen LogP contribution in [0, 0.1) is 0 Å². The molecule has 0 bridgehead atoms. The standard InChI is InChI=1S/C33H31ClN4O5/c1-19(11-12-42-2)43-24-9-7-20(8-10-24)32(40)36-23-13-21-14-27(37-31(21)35-17-23)33(41)38-18-22(16-34)30-26-6-4-3-5-25(26)29(39)15-28(30)38/h3-10,13-15,17,19,22,39H,11-12,16,18H2,1-2H3,(H,35,37)(H,36,40)/t19-,22?/m0/s1. The summed E-state index contributed by atoms with van der Waals surface area (Å²) in [6.07, 6.45) is 2.30. The Hall–Kier alpha value is -4.60. The molecular weight excluding hydrogens is 568 g/mol. The summed E-state index contributed by atoms with van der Waals surface area (Å²) >= 11 is 6.34. The maximum atomic E-state index is 13.7. The number of aromatic amines is 1. The van der Waals surface area contributed by atoms with Crippen LogP contribution in [0.15, 0.2) is 72.9 Å². The van der Waals surface area contributed by atoms with E-state index in [1.165, 1.54) is 0 Å². The lowest BCUT2D eigenvalue weighted by atomic mass is 9.95. The zero-order valence-corrected chi connectivity index (χ0v) is 24.5. The predicted molar refractivity (Wildman–Crippen MR) is 168 cm³/mol. The molecule has 43 heavy (non-hydrogen) atoms. The van der Waals surface area contributed by atoms with Gasteiger partial charge in [-0.15, -0.1) is 11.6 Å². The van der Waals surface area contributed by atoms with Crippen molar-refractivity contribution < 1.29 is 24.2 Å². The van der Waals surface area contributed by atoms with Gasteiger partial charge in [-0.05, 0) is 54.3 Å². The molecule has 1 unspecified atom stereocenters. The summed E-state index contributed by atoms with van der Waals surface area (Å²) in [5.74, 6) is 0.501. The highest BCUT2D eigenvalue weighted by molar-refractivity contribution is 6.19. The normalized spacial score (nSPS) is 15.0. The molecule has 6 rings (SSSR count). The average molecular weight is 599 g/mol. The van der Waals surface area contributed by atoms with E-state index in [0.29, 0.717) is 58.4 Å². The SMILES string of the molecule is COCC[C@H](C)Oc1ccc(C(=O)Nc2cnc3[nH]c(C(=O)N4CC(CCl)c5c4cc(O)c4ccccc54)cc3c2)cc1. The number of phenolic OH excluding ortho intramolecular Hbond substituents is 1. The van der Waals surface area contributed by atoms with Crippen LogP contribution in [0.2, 0.25) is 0 Å². The van der Waals surface area contributed by atoms with Crippen molar-refractivity contribution in [3.8, 4) is 11.5 Å². The van der Waals surface area contributed by atoms with Gasteiger partial charge in [-0.1, -0.05) is 24.3 Å². The Morgan fingerprint density at radius 3 is 2.65 bits per heavy atom. The van der Waals surface area contributed by atoms with Gasteiger partial charge < -0.3 is 29.8 Å². The molecule has 0 spiro atoms. The van der Waals surface area contributed by atoms with Gasteiger partial charge in [0.1, 0.15) is 22.8 Å². The number of alkyl halides is 1. The minimum absolute atomic E-state index is 0.00967. The topological polar surface area (TPSA) is 117 Å². The molecule has 2 aromatic heterocycles. The fourth-order valence-electron chi connectivity index (χ4n) is 5.55. The number of phenols is 1. The fourth-order valence-corrected chi connectivity index (χ4v) is 5.80. The average Bonchev–Trinajstić information content (AvgIpc) is 3.61. The van der Waals surface area contributed by atoms with Crippen molar-refractivity contribution in [3.63, 3.8) is 0 Å². The number of fused-ring (bicyclic) bond motifs is 4. The molecule has 220 valence electrons. The van der Waals surface area contributed by atoms with Gasteiger partial charge in [-0.25, -0.2) is 4.98 Å². The predicted octanol–water partition coefficient (Wildman–Crippen LogP) is 6.46. The Morgan fingerprint density at radius 2 is 1.91 bits per heavy atom. The van der Waals surface area contributed by atoms with Crippen molar-refractivity contribution in [3.05, 3.63) is 89.7 Å². The van der Waals surface area contributed by atoms with E-state index in [2.05, 4.69) is 15.3 Å². The second-order valence-corrected chi connectivity index (χ2v) is 11.0. The number of nitrogens with one attached hydrogen (secondary N) is 2. The number of methoxy groups -OCH3 is 1. The number of aromatic hydroxyl groups is 1. The summed E-state index contributed by atoms with van der Waals surface area (Å²) in [4.78, 5) is 35.8. The first-order valence-corrected chi connectivity index (χ1v) is 14.6. The third-order valence-electron chi connectivity index (χ3n) is 7.72. The van der Waals surface area contributed by atoms with E-state index in [-0.39, 0.29) is 29.6 Å². The van der Waals surface area contributed by atoms with Crippen molar-refractivity contribution in [2.24, 2.45) is 0 Å². The van der Waals surface area contributed by atoms with E-state index >= 15 is 0 Å². The van der Waals surface area contributed by atoms with Crippen LogP contribution >= 0.6 is 11.6 Å². The van der Waals surface area contributed by atoms with Crippen LogP contribution in [0.1, 0.15) is 45.7 Å². The summed E-state index contributed by atoms with van der Waals surface area (Å²) in [5.41, 5.74) is 3.42. The minimum Gasteiger partial charge on any atom is -0.507 e. The molecule has 1 aliphatic heterocycles. The second kappa shape index (κ2) is 11.9. The van der Waals surface area contributed by atoms with E-state index in [9.17, 15) is 14.7 Å². The number of carbonyl (C=O) groups is 2. The molecule has 0 fully saturated rings. The van der Waals surface area contributed by atoms with E-state index in [0.717, 1.165) is 22.8 Å². The van der Waals surface area contributed by atoms with Crippen LogP contribution in [-0.2, 0) is 4.74 Å². The van der Waals surface area contributed by atoms with Gasteiger partial charge in [0.05, 0.1) is 23.7 Å². The number of H-pyrrole nitrogens is 1. The molecule has 3 N–H and O–H groups in total. The first-order valence-electron chi connectivity index (χ1n) is 14.0. The monoisotopic (exact) mass is 598 g/mol. The number of aromatic nitrogens is 2. The number of benzene rings is 3. The highest BCUT2D eigenvalue weighted by Crippen LogP contribution is 2.45. The first-order chi connectivity index (χ1) is 20.9. The van der Waals surface area contributed by atoms with Gasteiger partial charge in [0.2, 0.25) is 0 Å². The summed E-state index contributed by atoms with van der Waals surface area (Å²) < 4.78 is 10.9. The number of hydrogen-bond donors (Lipinski definition) is 3. The lowest BCUT2D eigenvalue weighted by Crippen LogP contribution is -2.30. The Morgan fingerprint density at radius 1 is 1.14 bits per heavy atom. The first kappa shape index (κ1) is 28.5. The van der Waals surface area contributed by atoms with Crippen LogP contribution in [0.4, 0.5) is 11.4 Å². The Balaban J connectivity index is 1.19.